The molecular weight excluding hydrogens is 396 g/mol. The van der Waals surface area contributed by atoms with Gasteiger partial charge >= 0.3 is 0 Å². The minimum Gasteiger partial charge on any atom is -0.325 e. The van der Waals surface area contributed by atoms with Gasteiger partial charge in [-0.15, -0.1) is 0 Å². The van der Waals surface area contributed by atoms with E-state index < -0.39 is 16.1 Å². The van der Waals surface area contributed by atoms with Gasteiger partial charge in [0.1, 0.15) is 0 Å². The summed E-state index contributed by atoms with van der Waals surface area (Å²) in [7, 11) is -3.87. The van der Waals surface area contributed by atoms with Gasteiger partial charge in [0.05, 0.1) is 21.6 Å². The van der Waals surface area contributed by atoms with Crippen LogP contribution in [0.25, 0.3) is 0 Å². The topological polar surface area (TPSA) is 75.3 Å². The molecular formula is C21H19ClN2O3S. The normalized spacial score (nSPS) is 11.4. The number of benzene rings is 3. The molecule has 5 nitrogen and oxygen atoms in total. The second-order valence-corrected chi connectivity index (χ2v) is 8.32. The van der Waals surface area contributed by atoms with E-state index in [1.54, 1.807) is 0 Å². The van der Waals surface area contributed by atoms with Gasteiger partial charge < -0.3 is 5.32 Å². The van der Waals surface area contributed by atoms with Gasteiger partial charge in [-0.3, -0.25) is 4.79 Å². The summed E-state index contributed by atoms with van der Waals surface area (Å²) in [6.45, 7) is 1.35. The molecule has 0 radical (unpaired) electrons. The van der Waals surface area contributed by atoms with E-state index in [1.165, 1.54) is 25.1 Å². The fourth-order valence-corrected chi connectivity index (χ4v) is 4.33. The third kappa shape index (κ3) is 4.78. The predicted molar refractivity (Wildman–Crippen MR) is 111 cm³/mol. The molecule has 0 atom stereocenters. The molecule has 0 bridgehead atoms. The fourth-order valence-electron chi connectivity index (χ4n) is 2.80. The first-order valence-corrected chi connectivity index (χ1v) is 10.4. The van der Waals surface area contributed by atoms with Crippen LogP contribution in [0, 0.1) is 0 Å². The third-order valence-corrected chi connectivity index (χ3v) is 5.83. The molecule has 0 saturated carbocycles. The van der Waals surface area contributed by atoms with Crippen molar-refractivity contribution in [1.82, 2.24) is 4.72 Å². The Kier molecular flexibility index (Phi) is 6.14. The quantitative estimate of drug-likeness (QED) is 0.629. The molecule has 7 heteroatoms. The molecule has 3 aromatic rings. The first kappa shape index (κ1) is 20.1. The number of sulfonamides is 1. The van der Waals surface area contributed by atoms with Crippen molar-refractivity contribution in [3.63, 3.8) is 0 Å². The van der Waals surface area contributed by atoms with Gasteiger partial charge in [0, 0.05) is 6.92 Å². The maximum absolute atomic E-state index is 13.0. The van der Waals surface area contributed by atoms with Crippen molar-refractivity contribution in [2.45, 2.75) is 17.9 Å². The van der Waals surface area contributed by atoms with Crippen molar-refractivity contribution in [2.75, 3.05) is 5.32 Å². The molecule has 2 N–H and O–H groups in total. The number of rotatable bonds is 6. The molecule has 0 aromatic heterocycles. The molecule has 3 rings (SSSR count). The molecule has 144 valence electrons. The molecule has 0 unspecified atom stereocenters. The van der Waals surface area contributed by atoms with E-state index in [4.69, 9.17) is 11.6 Å². The van der Waals surface area contributed by atoms with E-state index in [2.05, 4.69) is 10.0 Å². The zero-order valence-corrected chi connectivity index (χ0v) is 16.7. The molecule has 0 saturated heterocycles. The Morgan fingerprint density at radius 1 is 0.893 bits per heavy atom. The van der Waals surface area contributed by atoms with E-state index >= 15 is 0 Å². The number of carbonyl (C=O) groups excluding carboxylic acids is 1. The van der Waals surface area contributed by atoms with Gasteiger partial charge in [-0.25, -0.2) is 8.42 Å². The number of hydrogen-bond acceptors (Lipinski definition) is 3. The summed E-state index contributed by atoms with van der Waals surface area (Å²) in [4.78, 5) is 11.2. The van der Waals surface area contributed by atoms with Crippen molar-refractivity contribution in [3.8, 4) is 0 Å². The Hall–Kier alpha value is -2.67. The van der Waals surface area contributed by atoms with Crippen molar-refractivity contribution in [3.05, 3.63) is 95.0 Å². The van der Waals surface area contributed by atoms with Gasteiger partial charge in [0.2, 0.25) is 15.9 Å². The van der Waals surface area contributed by atoms with Crippen molar-refractivity contribution < 1.29 is 13.2 Å². The summed E-state index contributed by atoms with van der Waals surface area (Å²) >= 11 is 6.14. The molecule has 28 heavy (non-hydrogen) atoms. The molecule has 0 aliphatic carbocycles. The third-order valence-electron chi connectivity index (χ3n) is 4.10. The van der Waals surface area contributed by atoms with Crippen molar-refractivity contribution >= 4 is 33.2 Å². The Balaban J connectivity index is 1.96. The van der Waals surface area contributed by atoms with Crippen LogP contribution in [0.15, 0.2) is 83.8 Å². The summed E-state index contributed by atoms with van der Waals surface area (Å²) in [5.74, 6) is -0.288. The molecule has 0 heterocycles. The Bertz CT molecular complexity index is 1030. The van der Waals surface area contributed by atoms with E-state index in [9.17, 15) is 13.2 Å². The molecule has 1 amide bonds. The van der Waals surface area contributed by atoms with Crippen LogP contribution in [0.4, 0.5) is 5.69 Å². The highest BCUT2D eigenvalue weighted by Crippen LogP contribution is 2.28. The van der Waals surface area contributed by atoms with Gasteiger partial charge in [0.25, 0.3) is 0 Å². The van der Waals surface area contributed by atoms with Gasteiger partial charge in [0.15, 0.2) is 0 Å². The van der Waals surface area contributed by atoms with Crippen LogP contribution in [0.2, 0.25) is 5.02 Å². The molecule has 0 aliphatic heterocycles. The molecule has 0 fully saturated rings. The molecule has 3 aromatic carbocycles. The van der Waals surface area contributed by atoms with E-state index in [0.29, 0.717) is 5.69 Å². The van der Waals surface area contributed by atoms with E-state index in [0.717, 1.165) is 11.1 Å². The summed E-state index contributed by atoms with van der Waals surface area (Å²) in [6.07, 6.45) is 0. The van der Waals surface area contributed by atoms with Crippen LogP contribution in [-0.4, -0.2) is 14.3 Å². The zero-order valence-electron chi connectivity index (χ0n) is 15.1. The summed E-state index contributed by atoms with van der Waals surface area (Å²) in [5, 5.41) is 2.71. The van der Waals surface area contributed by atoms with E-state index in [-0.39, 0.29) is 15.8 Å². The average molecular weight is 415 g/mol. The second kappa shape index (κ2) is 8.56. The van der Waals surface area contributed by atoms with Crippen LogP contribution in [0.1, 0.15) is 24.1 Å². The van der Waals surface area contributed by atoms with Gasteiger partial charge in [-0.2, -0.15) is 4.72 Å². The number of halogens is 1. The lowest BCUT2D eigenvalue weighted by Crippen LogP contribution is -2.29. The van der Waals surface area contributed by atoms with Crippen LogP contribution in [0.3, 0.4) is 0 Å². The number of hydrogen-bond donors (Lipinski definition) is 2. The zero-order chi connectivity index (χ0) is 20.1. The average Bonchev–Trinajstić information content (AvgIpc) is 2.69. The minimum absolute atomic E-state index is 0.0171. The second-order valence-electron chi connectivity index (χ2n) is 6.20. The Morgan fingerprint density at radius 3 is 1.89 bits per heavy atom. The van der Waals surface area contributed by atoms with Crippen LogP contribution in [0.5, 0.6) is 0 Å². The largest absolute Gasteiger partial charge is 0.325 e. The van der Waals surface area contributed by atoms with Crippen LogP contribution in [-0.2, 0) is 14.8 Å². The predicted octanol–water partition coefficient (Wildman–Crippen LogP) is 4.37. The number of carbonyl (C=O) groups is 1. The Morgan fingerprint density at radius 2 is 1.43 bits per heavy atom. The number of anilines is 1. The van der Waals surface area contributed by atoms with Crippen molar-refractivity contribution in [1.29, 1.82) is 0 Å². The first-order chi connectivity index (χ1) is 13.4. The van der Waals surface area contributed by atoms with Gasteiger partial charge in [-0.05, 0) is 29.3 Å². The SMILES string of the molecule is CC(=O)Nc1ccc(S(=O)(=O)NC(c2ccccc2)c2ccccc2)cc1Cl. The maximum atomic E-state index is 13.0. The summed E-state index contributed by atoms with van der Waals surface area (Å²) < 4.78 is 28.8. The standard InChI is InChI=1S/C21H19ClN2O3S/c1-15(25)23-20-13-12-18(14-19(20)22)28(26,27)24-21(16-8-4-2-5-9-16)17-10-6-3-7-11-17/h2-14,21,24H,1H3,(H,23,25). The molecule has 0 aliphatic rings. The summed E-state index contributed by atoms with van der Waals surface area (Å²) in [5.41, 5.74) is 1.99. The monoisotopic (exact) mass is 414 g/mol. The van der Waals surface area contributed by atoms with Crippen LogP contribution >= 0.6 is 11.6 Å². The fraction of sp³-hybridized carbons (Fsp3) is 0.0952. The minimum atomic E-state index is -3.87. The smallest absolute Gasteiger partial charge is 0.241 e. The summed E-state index contributed by atoms with van der Waals surface area (Å²) in [6, 6.07) is 22.3. The van der Waals surface area contributed by atoms with E-state index in [1.807, 2.05) is 60.7 Å². The first-order valence-electron chi connectivity index (χ1n) is 8.56. The van der Waals surface area contributed by atoms with Crippen molar-refractivity contribution in [2.24, 2.45) is 0 Å². The molecule has 0 spiro atoms. The lowest BCUT2D eigenvalue weighted by molar-refractivity contribution is -0.114. The highest BCUT2D eigenvalue weighted by molar-refractivity contribution is 7.89. The van der Waals surface area contributed by atoms with Gasteiger partial charge in [-0.1, -0.05) is 72.3 Å². The van der Waals surface area contributed by atoms with Crippen LogP contribution < -0.4 is 10.0 Å². The highest BCUT2D eigenvalue weighted by Gasteiger charge is 2.23. The lowest BCUT2D eigenvalue weighted by atomic mass is 10.00. The number of amides is 1. The Labute approximate surface area is 169 Å². The highest BCUT2D eigenvalue weighted by atomic mass is 35.5. The lowest BCUT2D eigenvalue weighted by Gasteiger charge is -2.20. The number of nitrogens with one attached hydrogen (secondary N) is 2. The maximum Gasteiger partial charge on any atom is 0.241 e.